The maximum Gasteiger partial charge on any atom is 0.312 e. The number of rotatable bonds is 2. The van der Waals surface area contributed by atoms with Crippen molar-refractivity contribution in [2.45, 2.75) is 18.8 Å². The van der Waals surface area contributed by atoms with Crippen LogP contribution in [0.5, 0.6) is 0 Å². The first-order valence-corrected chi connectivity index (χ1v) is 7.31. The van der Waals surface area contributed by atoms with E-state index in [-0.39, 0.29) is 0 Å². The Bertz CT molecular complexity index is 669. The van der Waals surface area contributed by atoms with Crippen LogP contribution in [0.25, 0.3) is 10.6 Å². The molecule has 0 fully saturated rings. The summed E-state index contributed by atoms with van der Waals surface area (Å²) in [6.07, 6.45) is 1.40. The summed E-state index contributed by atoms with van der Waals surface area (Å²) >= 11 is 13.6. The van der Waals surface area contributed by atoms with E-state index in [1.165, 1.54) is 11.3 Å². The molecule has 3 rings (SSSR count). The van der Waals surface area contributed by atoms with Crippen LogP contribution in [0, 0.1) is 0 Å². The normalized spacial score (nSPS) is 17.5. The van der Waals surface area contributed by atoms with E-state index in [4.69, 9.17) is 28.3 Å². The van der Waals surface area contributed by atoms with Gasteiger partial charge in [-0.15, -0.1) is 11.3 Å². The molecule has 1 N–H and O–H groups in total. The van der Waals surface area contributed by atoms with Gasteiger partial charge in [0.1, 0.15) is 10.9 Å². The molecule has 1 aliphatic carbocycles. The van der Waals surface area contributed by atoms with Crippen LogP contribution in [0.2, 0.25) is 10.0 Å². The van der Waals surface area contributed by atoms with E-state index in [0.717, 1.165) is 21.9 Å². The molecule has 1 aliphatic rings. The second-order valence-electron chi connectivity index (χ2n) is 4.38. The van der Waals surface area contributed by atoms with Crippen molar-refractivity contribution in [1.82, 2.24) is 4.98 Å². The number of carbonyl (C=O) groups is 1. The first-order valence-electron chi connectivity index (χ1n) is 5.74. The Kier molecular flexibility index (Phi) is 3.25. The monoisotopic (exact) mass is 313 g/mol. The molecule has 1 aromatic carbocycles. The molecule has 98 valence electrons. The number of aromatic nitrogens is 1. The predicted molar refractivity (Wildman–Crippen MR) is 76.3 cm³/mol. The number of fused-ring (bicyclic) bond motifs is 1. The molecule has 1 aromatic heterocycles. The zero-order valence-corrected chi connectivity index (χ0v) is 12.0. The number of hydrogen-bond acceptors (Lipinski definition) is 3. The minimum absolute atomic E-state index is 0.488. The van der Waals surface area contributed by atoms with Crippen LogP contribution in [-0.4, -0.2) is 16.1 Å². The largest absolute Gasteiger partial charge is 0.481 e. The Balaban J connectivity index is 2.07. The molecule has 0 saturated carbocycles. The van der Waals surface area contributed by atoms with Crippen molar-refractivity contribution in [3.8, 4) is 10.6 Å². The number of aryl methyl sites for hydroxylation is 1. The van der Waals surface area contributed by atoms with Gasteiger partial charge in [-0.3, -0.25) is 4.79 Å². The Hall–Kier alpha value is -1.10. The lowest BCUT2D eigenvalue weighted by Crippen LogP contribution is -2.08. The van der Waals surface area contributed by atoms with Gasteiger partial charge in [-0.05, 0) is 31.0 Å². The lowest BCUT2D eigenvalue weighted by Gasteiger charge is -2.03. The molecular weight excluding hydrogens is 305 g/mol. The summed E-state index contributed by atoms with van der Waals surface area (Å²) in [4.78, 5) is 16.6. The highest BCUT2D eigenvalue weighted by Gasteiger charge is 2.32. The van der Waals surface area contributed by atoms with Gasteiger partial charge in [0.25, 0.3) is 0 Å². The molecule has 19 heavy (non-hydrogen) atoms. The highest BCUT2D eigenvalue weighted by Crippen LogP contribution is 2.41. The zero-order valence-electron chi connectivity index (χ0n) is 9.69. The number of halogens is 2. The van der Waals surface area contributed by atoms with Crippen LogP contribution < -0.4 is 0 Å². The van der Waals surface area contributed by atoms with E-state index in [1.807, 2.05) is 0 Å². The van der Waals surface area contributed by atoms with E-state index < -0.39 is 11.9 Å². The summed E-state index contributed by atoms with van der Waals surface area (Å²) in [6, 6.07) is 5.20. The average Bonchev–Trinajstić information content (AvgIpc) is 2.91. The fourth-order valence-corrected chi connectivity index (χ4v) is 3.85. The Morgan fingerprint density at radius 2 is 2.21 bits per heavy atom. The first kappa shape index (κ1) is 12.9. The summed E-state index contributed by atoms with van der Waals surface area (Å²) in [5.74, 6) is -1.30. The summed E-state index contributed by atoms with van der Waals surface area (Å²) < 4.78 is 0. The lowest BCUT2D eigenvalue weighted by molar-refractivity contribution is -0.138. The average molecular weight is 314 g/mol. The molecule has 0 spiro atoms. The summed E-state index contributed by atoms with van der Waals surface area (Å²) in [6.45, 7) is 0. The second-order valence-corrected chi connectivity index (χ2v) is 6.31. The van der Waals surface area contributed by atoms with Crippen molar-refractivity contribution in [2.24, 2.45) is 0 Å². The fraction of sp³-hybridized carbons (Fsp3) is 0.231. The Morgan fingerprint density at radius 1 is 1.42 bits per heavy atom. The third-order valence-electron chi connectivity index (χ3n) is 3.17. The molecule has 1 atom stereocenters. The maximum absolute atomic E-state index is 11.1. The number of hydrogen-bond donors (Lipinski definition) is 1. The van der Waals surface area contributed by atoms with Gasteiger partial charge in [-0.1, -0.05) is 23.2 Å². The van der Waals surface area contributed by atoms with Gasteiger partial charge < -0.3 is 5.11 Å². The van der Waals surface area contributed by atoms with Crippen LogP contribution in [-0.2, 0) is 11.2 Å². The second kappa shape index (κ2) is 4.78. The van der Waals surface area contributed by atoms with Gasteiger partial charge in [0.15, 0.2) is 0 Å². The number of carboxylic acid groups (broad SMARTS) is 1. The number of thiazole rings is 1. The molecule has 0 aliphatic heterocycles. The van der Waals surface area contributed by atoms with Crippen LogP contribution in [0.15, 0.2) is 18.2 Å². The van der Waals surface area contributed by atoms with Gasteiger partial charge in [-0.25, -0.2) is 4.98 Å². The van der Waals surface area contributed by atoms with Gasteiger partial charge in [0.05, 0.1) is 10.7 Å². The van der Waals surface area contributed by atoms with Crippen molar-refractivity contribution in [1.29, 1.82) is 0 Å². The van der Waals surface area contributed by atoms with E-state index in [2.05, 4.69) is 4.98 Å². The van der Waals surface area contributed by atoms with Crippen LogP contribution in [0.1, 0.15) is 22.9 Å². The predicted octanol–water partition coefficient (Wildman–Crippen LogP) is 4.23. The van der Waals surface area contributed by atoms with Crippen molar-refractivity contribution in [3.63, 3.8) is 0 Å². The minimum atomic E-state index is -0.812. The van der Waals surface area contributed by atoms with Crippen molar-refractivity contribution >= 4 is 40.5 Å². The van der Waals surface area contributed by atoms with E-state index in [1.54, 1.807) is 18.2 Å². The highest BCUT2D eigenvalue weighted by molar-refractivity contribution is 7.15. The van der Waals surface area contributed by atoms with E-state index in [9.17, 15) is 4.79 Å². The molecule has 0 bridgehead atoms. The molecular formula is C13H9Cl2NO2S. The number of carboxylic acids is 1. The number of benzene rings is 1. The van der Waals surface area contributed by atoms with Crippen LogP contribution in [0.3, 0.4) is 0 Å². The minimum Gasteiger partial charge on any atom is -0.481 e. The van der Waals surface area contributed by atoms with Crippen molar-refractivity contribution in [3.05, 3.63) is 38.8 Å². The third-order valence-corrected chi connectivity index (χ3v) is 4.90. The van der Waals surface area contributed by atoms with Gasteiger partial charge in [0, 0.05) is 15.5 Å². The fourth-order valence-electron chi connectivity index (χ4n) is 2.24. The SMILES string of the molecule is O=C(O)C1CCc2sc(-c3cc(Cl)ccc3Cl)nc21. The smallest absolute Gasteiger partial charge is 0.312 e. The molecule has 1 heterocycles. The van der Waals surface area contributed by atoms with Crippen LogP contribution >= 0.6 is 34.5 Å². The number of aliphatic carboxylic acids is 1. The van der Waals surface area contributed by atoms with E-state index in [0.29, 0.717) is 22.2 Å². The summed E-state index contributed by atoms with van der Waals surface area (Å²) in [5, 5.41) is 11.1. The van der Waals surface area contributed by atoms with E-state index >= 15 is 0 Å². The highest BCUT2D eigenvalue weighted by atomic mass is 35.5. The first-order chi connectivity index (χ1) is 9.06. The zero-order chi connectivity index (χ0) is 13.6. The van der Waals surface area contributed by atoms with Crippen LogP contribution in [0.4, 0.5) is 0 Å². The third kappa shape index (κ3) is 2.24. The Labute approximate surface area is 123 Å². The molecule has 6 heteroatoms. The number of nitrogens with zero attached hydrogens (tertiary/aromatic N) is 1. The van der Waals surface area contributed by atoms with Gasteiger partial charge in [0.2, 0.25) is 0 Å². The summed E-state index contributed by atoms with van der Waals surface area (Å²) in [7, 11) is 0. The maximum atomic E-state index is 11.1. The molecule has 1 unspecified atom stereocenters. The quantitative estimate of drug-likeness (QED) is 0.902. The standard InChI is InChI=1S/C13H9Cl2NO2S/c14-6-1-3-9(15)8(5-6)12-16-11-7(13(17)18)2-4-10(11)19-12/h1,3,5,7H,2,4H2,(H,17,18). The lowest BCUT2D eigenvalue weighted by atomic mass is 10.1. The summed E-state index contributed by atoms with van der Waals surface area (Å²) in [5.41, 5.74) is 1.45. The van der Waals surface area contributed by atoms with Gasteiger partial charge >= 0.3 is 5.97 Å². The molecule has 0 amide bonds. The van der Waals surface area contributed by atoms with Crippen molar-refractivity contribution in [2.75, 3.05) is 0 Å². The topological polar surface area (TPSA) is 50.2 Å². The molecule has 3 nitrogen and oxygen atoms in total. The molecule has 2 aromatic rings. The molecule has 0 saturated heterocycles. The van der Waals surface area contributed by atoms with Crippen molar-refractivity contribution < 1.29 is 9.90 Å². The Morgan fingerprint density at radius 3 is 2.95 bits per heavy atom. The molecule has 0 radical (unpaired) electrons. The van der Waals surface area contributed by atoms with Gasteiger partial charge in [-0.2, -0.15) is 0 Å².